The van der Waals surface area contributed by atoms with E-state index in [1.807, 2.05) is 11.8 Å². The molecule has 1 aliphatic rings. The Hall–Kier alpha value is -1.10. The summed E-state index contributed by atoms with van der Waals surface area (Å²) >= 11 is 0. The van der Waals surface area contributed by atoms with Gasteiger partial charge in [-0.1, -0.05) is 13.3 Å². The van der Waals surface area contributed by atoms with Crippen molar-refractivity contribution >= 4 is 11.9 Å². The van der Waals surface area contributed by atoms with Gasteiger partial charge in [-0.3, -0.25) is 14.5 Å². The average Bonchev–Trinajstić information content (AvgIpc) is 2.27. The van der Waals surface area contributed by atoms with Crippen LogP contribution in [0.1, 0.15) is 33.1 Å². The first-order valence-corrected chi connectivity index (χ1v) is 6.19. The van der Waals surface area contributed by atoms with Crippen LogP contribution < -0.4 is 0 Å². The van der Waals surface area contributed by atoms with Crippen molar-refractivity contribution in [1.82, 2.24) is 9.80 Å². The largest absolute Gasteiger partial charge is 0.481 e. The molecule has 1 saturated heterocycles. The van der Waals surface area contributed by atoms with Gasteiger partial charge >= 0.3 is 5.97 Å². The van der Waals surface area contributed by atoms with Crippen LogP contribution in [0.15, 0.2) is 0 Å². The summed E-state index contributed by atoms with van der Waals surface area (Å²) in [6, 6.07) is -0.329. The molecule has 2 atom stereocenters. The Labute approximate surface area is 102 Å². The fourth-order valence-electron chi connectivity index (χ4n) is 2.19. The predicted octanol–water partition coefficient (Wildman–Crippen LogP) is 0.792. The molecule has 1 N–H and O–H groups in total. The van der Waals surface area contributed by atoms with Crippen molar-refractivity contribution in [2.45, 2.75) is 45.2 Å². The molecule has 0 saturated carbocycles. The molecule has 1 aliphatic heterocycles. The SMILES string of the molecule is CCCCN1CC(C)N(C)C(=O)C1CC(=O)O. The van der Waals surface area contributed by atoms with Gasteiger partial charge in [0.2, 0.25) is 5.91 Å². The van der Waals surface area contributed by atoms with Crippen LogP contribution in [0.5, 0.6) is 0 Å². The molecule has 0 aromatic heterocycles. The van der Waals surface area contributed by atoms with Gasteiger partial charge < -0.3 is 10.0 Å². The lowest BCUT2D eigenvalue weighted by atomic mass is 10.0. The number of nitrogens with zero attached hydrogens (tertiary/aromatic N) is 2. The van der Waals surface area contributed by atoms with Gasteiger partial charge in [0.15, 0.2) is 0 Å². The Morgan fingerprint density at radius 1 is 1.53 bits per heavy atom. The summed E-state index contributed by atoms with van der Waals surface area (Å²) in [5.74, 6) is -0.977. The average molecular weight is 242 g/mol. The van der Waals surface area contributed by atoms with Crippen molar-refractivity contribution in [3.05, 3.63) is 0 Å². The van der Waals surface area contributed by atoms with Crippen molar-refractivity contribution in [2.75, 3.05) is 20.1 Å². The number of carboxylic acids is 1. The molecule has 0 aromatic carbocycles. The number of carbonyl (C=O) groups is 2. The number of hydrogen-bond acceptors (Lipinski definition) is 3. The van der Waals surface area contributed by atoms with Crippen LogP contribution in [0.2, 0.25) is 0 Å². The highest BCUT2D eigenvalue weighted by atomic mass is 16.4. The van der Waals surface area contributed by atoms with Gasteiger partial charge in [-0.2, -0.15) is 0 Å². The number of piperazine rings is 1. The Bertz CT molecular complexity index is 293. The Balaban J connectivity index is 2.75. The van der Waals surface area contributed by atoms with Gasteiger partial charge in [0, 0.05) is 19.6 Å². The first kappa shape index (κ1) is 14.0. The van der Waals surface area contributed by atoms with E-state index in [9.17, 15) is 9.59 Å². The molecule has 0 aliphatic carbocycles. The Morgan fingerprint density at radius 3 is 2.71 bits per heavy atom. The van der Waals surface area contributed by atoms with Gasteiger partial charge in [-0.15, -0.1) is 0 Å². The lowest BCUT2D eigenvalue weighted by Gasteiger charge is -2.42. The lowest BCUT2D eigenvalue weighted by molar-refractivity contribution is -0.150. The van der Waals surface area contributed by atoms with Crippen LogP contribution in [0, 0.1) is 0 Å². The lowest BCUT2D eigenvalue weighted by Crippen LogP contribution is -2.60. The zero-order valence-electron chi connectivity index (χ0n) is 10.8. The summed E-state index contributed by atoms with van der Waals surface area (Å²) in [6.07, 6.45) is 1.95. The van der Waals surface area contributed by atoms with Crippen LogP contribution in [0.4, 0.5) is 0 Å². The number of aliphatic carboxylic acids is 1. The monoisotopic (exact) mass is 242 g/mol. The summed E-state index contributed by atoms with van der Waals surface area (Å²) in [5.41, 5.74) is 0. The molecule has 1 fully saturated rings. The highest BCUT2D eigenvalue weighted by Crippen LogP contribution is 2.18. The first-order valence-electron chi connectivity index (χ1n) is 6.19. The zero-order chi connectivity index (χ0) is 13.0. The molecule has 0 spiro atoms. The normalized spacial score (nSPS) is 26.3. The third kappa shape index (κ3) is 3.43. The molecule has 0 aromatic rings. The fraction of sp³-hybridized carbons (Fsp3) is 0.833. The van der Waals surface area contributed by atoms with Crippen molar-refractivity contribution in [1.29, 1.82) is 0 Å². The molecule has 1 rings (SSSR count). The molecule has 17 heavy (non-hydrogen) atoms. The molecule has 1 amide bonds. The standard InChI is InChI=1S/C12H22N2O3/c1-4-5-6-14-8-9(2)13(3)12(17)10(14)7-11(15)16/h9-10H,4-8H2,1-3H3,(H,15,16). The number of amides is 1. The molecular weight excluding hydrogens is 220 g/mol. The predicted molar refractivity (Wildman–Crippen MR) is 64.8 cm³/mol. The molecular formula is C12H22N2O3. The van der Waals surface area contributed by atoms with Crippen LogP contribution in [-0.4, -0.2) is 59.0 Å². The maximum Gasteiger partial charge on any atom is 0.305 e. The van der Waals surface area contributed by atoms with Gasteiger partial charge in [0.1, 0.15) is 0 Å². The second-order valence-corrected chi connectivity index (χ2v) is 4.76. The Morgan fingerprint density at radius 2 is 2.18 bits per heavy atom. The van der Waals surface area contributed by atoms with Crippen molar-refractivity contribution in [3.8, 4) is 0 Å². The topological polar surface area (TPSA) is 60.9 Å². The molecule has 0 radical (unpaired) electrons. The van der Waals surface area contributed by atoms with E-state index in [4.69, 9.17) is 5.11 Å². The summed E-state index contributed by atoms with van der Waals surface area (Å²) in [7, 11) is 1.75. The third-order valence-corrected chi connectivity index (χ3v) is 3.40. The van der Waals surface area contributed by atoms with Gasteiger partial charge in [0.25, 0.3) is 0 Å². The second-order valence-electron chi connectivity index (χ2n) is 4.76. The minimum atomic E-state index is -0.909. The summed E-state index contributed by atoms with van der Waals surface area (Å²) in [6.45, 7) is 5.65. The maximum absolute atomic E-state index is 12.1. The van der Waals surface area contributed by atoms with E-state index in [1.165, 1.54) is 0 Å². The summed E-state index contributed by atoms with van der Waals surface area (Å²) < 4.78 is 0. The minimum Gasteiger partial charge on any atom is -0.481 e. The van der Waals surface area contributed by atoms with Crippen LogP contribution >= 0.6 is 0 Å². The van der Waals surface area contributed by atoms with E-state index < -0.39 is 12.0 Å². The van der Waals surface area contributed by atoms with Crippen molar-refractivity contribution < 1.29 is 14.7 Å². The molecule has 0 bridgehead atoms. The third-order valence-electron chi connectivity index (χ3n) is 3.40. The van der Waals surface area contributed by atoms with Crippen LogP contribution in [0.3, 0.4) is 0 Å². The summed E-state index contributed by atoms with van der Waals surface area (Å²) in [5, 5.41) is 8.88. The smallest absolute Gasteiger partial charge is 0.305 e. The molecule has 5 heteroatoms. The number of hydrogen-bond donors (Lipinski definition) is 1. The quantitative estimate of drug-likeness (QED) is 0.774. The fourth-order valence-corrected chi connectivity index (χ4v) is 2.19. The van der Waals surface area contributed by atoms with E-state index in [0.717, 1.165) is 25.9 Å². The van der Waals surface area contributed by atoms with Crippen molar-refractivity contribution in [3.63, 3.8) is 0 Å². The van der Waals surface area contributed by atoms with E-state index in [-0.39, 0.29) is 18.4 Å². The Kier molecular flexibility index (Phi) is 4.93. The number of likely N-dealkylation sites (N-methyl/N-ethyl adjacent to an activating group) is 1. The number of carbonyl (C=O) groups excluding carboxylic acids is 1. The van der Waals surface area contributed by atoms with Crippen LogP contribution in [-0.2, 0) is 9.59 Å². The number of rotatable bonds is 5. The van der Waals surface area contributed by atoms with Gasteiger partial charge in [-0.05, 0) is 19.9 Å². The van der Waals surface area contributed by atoms with E-state index >= 15 is 0 Å². The first-order chi connectivity index (χ1) is 7.97. The minimum absolute atomic E-state index is 0.0674. The highest BCUT2D eigenvalue weighted by molar-refractivity contribution is 5.86. The molecule has 1 heterocycles. The van der Waals surface area contributed by atoms with Gasteiger partial charge in [0.05, 0.1) is 12.5 Å². The number of unbranched alkanes of at least 4 members (excludes halogenated alkanes) is 1. The molecule has 98 valence electrons. The molecule has 2 unspecified atom stereocenters. The zero-order valence-corrected chi connectivity index (χ0v) is 10.8. The van der Waals surface area contributed by atoms with E-state index in [0.29, 0.717) is 0 Å². The number of carboxylic acid groups (broad SMARTS) is 1. The van der Waals surface area contributed by atoms with Crippen LogP contribution in [0.25, 0.3) is 0 Å². The highest BCUT2D eigenvalue weighted by Gasteiger charge is 2.37. The second kappa shape index (κ2) is 6.00. The summed E-state index contributed by atoms with van der Waals surface area (Å²) in [4.78, 5) is 26.6. The van der Waals surface area contributed by atoms with Gasteiger partial charge in [-0.25, -0.2) is 0 Å². The van der Waals surface area contributed by atoms with E-state index in [2.05, 4.69) is 6.92 Å². The van der Waals surface area contributed by atoms with E-state index in [1.54, 1.807) is 11.9 Å². The molecule has 5 nitrogen and oxygen atoms in total. The van der Waals surface area contributed by atoms with Crippen molar-refractivity contribution in [2.24, 2.45) is 0 Å². The maximum atomic E-state index is 12.1.